The summed E-state index contributed by atoms with van der Waals surface area (Å²) in [4.78, 5) is 46.4. The summed E-state index contributed by atoms with van der Waals surface area (Å²) < 4.78 is 214. The van der Waals surface area contributed by atoms with Crippen molar-refractivity contribution in [1.82, 2.24) is 4.73 Å². The number of hydrogen-bond donors (Lipinski definition) is 7. The largest absolute Gasteiger partial charge is 0.492 e. The Labute approximate surface area is 534 Å². The number of carbonyl (C=O) groups is 1. The molecule has 35 heteroatoms. The summed E-state index contributed by atoms with van der Waals surface area (Å²) in [6, 6.07) is 9.38. The second-order valence-corrected chi connectivity index (χ2v) is 29.5. The maximum atomic E-state index is 15.0. The molecule has 30 nitrogen and oxygen atoms in total. The lowest BCUT2D eigenvalue weighted by Gasteiger charge is -2.35. The van der Waals surface area contributed by atoms with E-state index in [0.717, 1.165) is 24.3 Å². The van der Waals surface area contributed by atoms with Gasteiger partial charge in [0.2, 0.25) is 28.3 Å². The van der Waals surface area contributed by atoms with Crippen molar-refractivity contribution in [3.05, 3.63) is 103 Å². The van der Waals surface area contributed by atoms with Crippen LogP contribution in [0.5, 0.6) is 11.8 Å². The zero-order valence-corrected chi connectivity index (χ0v) is 54.7. The predicted octanol–water partition coefficient (Wildman–Crippen LogP) is 1.80. The van der Waals surface area contributed by atoms with Crippen molar-refractivity contribution in [3.8, 4) is 11.8 Å². The standard InChI is InChI=1S/C58H69N3O27S5/c1-5-59-44-11-9-38-40(30-36(90(70,71)72)32-46(38)92(76,77)78)53(44)57(2,15-7-29-89(67,68)69)48(59)34-42-55(65)43(56(42)66)35-49-58(3,16-18-83-21-22-85-25-26-87-28-27-86-24-23-84-20-19-82-4)54-41-31-37(91(73,74)75)33-47(93(79,80)81)39(41)10-12-45(54)60(49)17-6-8-52(64)88-61-50(62)13-14-51(61)63/h9-14,30-35,48H,5-8,15-29H2,1-4H3,(H6,65,66,67,68,69,70,71,72,73,74,75,76,77,78,79,80,81)/p+1. The lowest BCUT2D eigenvalue weighted by Crippen LogP contribution is -2.66. The van der Waals surface area contributed by atoms with E-state index in [0.29, 0.717) is 49.9 Å². The number of nitrogens with zero attached hydrogens (tertiary/aromatic N) is 3. The van der Waals surface area contributed by atoms with Crippen LogP contribution in [0, 0.1) is 0 Å². The zero-order valence-electron chi connectivity index (χ0n) is 50.6. The SMILES string of the molecule is CCN1c2ccc3c(S(=O)(=O)O)cc(S(=O)(=O)O)cc3c2C(C)(CCCS(=O)(=O)O)C1C=c1c(=O)c(=CC2=[N+](CCCC(=O)On3c(O)ccc3O)c3ccc4c(S(=O)(=O)O)cc(S(=O)(=O)O)cc4c3C2(C)CCOCCOCCOCCOCCOCCOC)c1=O. The van der Waals surface area contributed by atoms with Gasteiger partial charge < -0.3 is 48.4 Å². The highest BCUT2D eigenvalue weighted by atomic mass is 32.2. The first-order chi connectivity index (χ1) is 43.6. The number of methoxy groups -OCH3 is 1. The molecule has 8 rings (SSSR count). The highest BCUT2D eigenvalue weighted by Crippen LogP contribution is 2.53. The third kappa shape index (κ3) is 16.0. The summed E-state index contributed by atoms with van der Waals surface area (Å²) in [7, 11) is -24.0. The first kappa shape index (κ1) is 72.2. The van der Waals surface area contributed by atoms with Crippen LogP contribution in [-0.4, -0.2) is 201 Å². The Morgan fingerprint density at radius 1 is 0.591 bits per heavy atom. The van der Waals surface area contributed by atoms with Gasteiger partial charge in [0.05, 0.1) is 110 Å². The molecule has 3 atom stereocenters. The number of anilines is 1. The normalized spacial score (nSPS) is 17.9. The number of fused-ring (bicyclic) bond motifs is 6. The van der Waals surface area contributed by atoms with Crippen molar-refractivity contribution in [2.75, 3.05) is 104 Å². The van der Waals surface area contributed by atoms with Gasteiger partial charge in [-0.2, -0.15) is 46.7 Å². The molecule has 0 amide bonds. The number of aromatic hydroxyl groups is 2. The minimum absolute atomic E-state index is 0.0158. The second kappa shape index (κ2) is 28.7. The zero-order chi connectivity index (χ0) is 68.2. The summed E-state index contributed by atoms with van der Waals surface area (Å²) in [5.41, 5.74) is -4.01. The molecule has 2 aliphatic heterocycles. The van der Waals surface area contributed by atoms with Crippen LogP contribution in [0.3, 0.4) is 0 Å². The maximum Gasteiger partial charge on any atom is 0.333 e. The molecular weight excluding hydrogens is 1330 g/mol. The first-order valence-electron chi connectivity index (χ1n) is 28.8. The van der Waals surface area contributed by atoms with Crippen LogP contribution < -0.4 is 31.0 Å². The van der Waals surface area contributed by atoms with E-state index in [1.54, 1.807) is 37.4 Å². The van der Waals surface area contributed by atoms with Crippen molar-refractivity contribution >= 4 is 107 Å². The molecule has 0 aliphatic carbocycles. The van der Waals surface area contributed by atoms with Gasteiger partial charge in [0.25, 0.3) is 50.6 Å². The molecule has 7 N–H and O–H groups in total. The number of hydrogen-bond acceptors (Lipinski definition) is 23. The fraction of sp³-hybridized carbons (Fsp3) is 0.448. The first-order valence-corrected chi connectivity index (χ1v) is 36.1. The van der Waals surface area contributed by atoms with E-state index in [1.807, 2.05) is 0 Å². The van der Waals surface area contributed by atoms with Crippen LogP contribution in [0.15, 0.2) is 89.8 Å². The summed E-state index contributed by atoms with van der Waals surface area (Å²) >= 11 is 0. The fourth-order valence-electron chi connectivity index (χ4n) is 12.0. The molecule has 93 heavy (non-hydrogen) atoms. The summed E-state index contributed by atoms with van der Waals surface area (Å²) in [5.74, 6) is -3.02. The number of carbonyl (C=O) groups excluding carboxylic acids is 1. The van der Waals surface area contributed by atoms with E-state index >= 15 is 0 Å². The van der Waals surface area contributed by atoms with Crippen molar-refractivity contribution < 1.29 is 118 Å². The molecule has 0 spiro atoms. The lowest BCUT2D eigenvalue weighted by atomic mass is 9.73. The highest BCUT2D eigenvalue weighted by molar-refractivity contribution is 7.87. The van der Waals surface area contributed by atoms with Crippen LogP contribution >= 0.6 is 0 Å². The Bertz CT molecular complexity index is 4650. The Morgan fingerprint density at radius 2 is 1.08 bits per heavy atom. The van der Waals surface area contributed by atoms with Crippen LogP contribution in [-0.2, 0) is 94.6 Å². The van der Waals surface area contributed by atoms with Gasteiger partial charge >= 0.3 is 5.97 Å². The second-order valence-electron chi connectivity index (χ2n) is 22.3. The van der Waals surface area contributed by atoms with Crippen LogP contribution in [0.4, 0.5) is 11.4 Å². The predicted molar refractivity (Wildman–Crippen MR) is 333 cm³/mol. The topological polar surface area (TPSA) is 439 Å². The average molecular weight is 1400 g/mol. The van der Waals surface area contributed by atoms with Gasteiger partial charge in [-0.3, -0.25) is 32.4 Å². The Morgan fingerprint density at radius 3 is 1.55 bits per heavy atom. The van der Waals surface area contributed by atoms with Gasteiger partial charge in [-0.15, -0.1) is 4.73 Å². The van der Waals surface area contributed by atoms with E-state index < -0.39 is 138 Å². The van der Waals surface area contributed by atoms with Gasteiger partial charge in [-0.25, -0.2) is 4.79 Å². The lowest BCUT2D eigenvalue weighted by molar-refractivity contribution is -0.437. The summed E-state index contributed by atoms with van der Waals surface area (Å²) in [5, 5.41) is 18.7. The van der Waals surface area contributed by atoms with Crippen LogP contribution in [0.1, 0.15) is 64.0 Å². The molecule has 5 aromatic carbocycles. The molecular formula is C58H70N3O27S5+. The van der Waals surface area contributed by atoms with Gasteiger partial charge in [-0.1, -0.05) is 13.0 Å². The molecule has 0 radical (unpaired) electrons. The third-order valence-corrected chi connectivity index (χ3v) is 20.5. The number of benzene rings is 4. The smallest absolute Gasteiger partial charge is 0.333 e. The number of rotatable bonds is 34. The molecule has 3 unspecified atom stereocenters. The molecule has 0 saturated heterocycles. The van der Waals surface area contributed by atoms with Gasteiger partial charge in [0.1, 0.15) is 16.3 Å². The molecule has 1 aromatic heterocycles. The van der Waals surface area contributed by atoms with Gasteiger partial charge in [0.15, 0.2) is 5.71 Å². The Balaban J connectivity index is 1.24. The van der Waals surface area contributed by atoms with Crippen molar-refractivity contribution in [2.24, 2.45) is 0 Å². The molecule has 6 aromatic rings. The highest BCUT2D eigenvalue weighted by Gasteiger charge is 2.51. The Hall–Kier alpha value is -6.65. The van der Waals surface area contributed by atoms with E-state index in [1.165, 1.54) is 36.4 Å². The third-order valence-electron chi connectivity index (χ3n) is 16.3. The fourth-order valence-corrected chi connectivity index (χ4v) is 15.2. The minimum atomic E-state index is -5.27. The van der Waals surface area contributed by atoms with Crippen LogP contribution in [0.2, 0.25) is 0 Å². The molecule has 0 bridgehead atoms. The van der Waals surface area contributed by atoms with Crippen LogP contribution in [0.25, 0.3) is 33.7 Å². The quantitative estimate of drug-likeness (QED) is 0.0172. The molecule has 0 fully saturated rings. The van der Waals surface area contributed by atoms with E-state index in [-0.39, 0.29) is 128 Å². The summed E-state index contributed by atoms with van der Waals surface area (Å²) in [6.45, 7) is 7.18. The maximum absolute atomic E-state index is 15.0. The van der Waals surface area contributed by atoms with Crippen molar-refractivity contribution in [3.63, 3.8) is 0 Å². The summed E-state index contributed by atoms with van der Waals surface area (Å²) in [6.07, 6.45) is 1.35. The average Bonchev–Trinajstić information content (AvgIpc) is 1.62. The van der Waals surface area contributed by atoms with Crippen molar-refractivity contribution in [1.29, 1.82) is 0 Å². The van der Waals surface area contributed by atoms with E-state index in [4.69, 9.17) is 33.3 Å². The number of likely N-dealkylation sites (N-methyl/N-ethyl adjacent to an activating group) is 1. The molecule has 508 valence electrons. The molecule has 3 heterocycles. The van der Waals surface area contributed by atoms with E-state index in [9.17, 15) is 89.4 Å². The number of ether oxygens (including phenoxy) is 6. The Kier molecular flexibility index (Phi) is 22.3. The van der Waals surface area contributed by atoms with Crippen molar-refractivity contribution in [2.45, 2.75) is 89.3 Å². The minimum Gasteiger partial charge on any atom is -0.492 e. The monoisotopic (exact) mass is 1400 g/mol. The van der Waals surface area contributed by atoms with Gasteiger partial charge in [-0.05, 0) is 91.9 Å². The number of aromatic nitrogens is 1. The van der Waals surface area contributed by atoms with E-state index in [2.05, 4.69) is 0 Å². The van der Waals surface area contributed by atoms with Gasteiger partial charge in [0, 0.05) is 78.4 Å². The molecule has 0 saturated carbocycles. The molecule has 2 aliphatic rings.